The highest BCUT2D eigenvalue weighted by molar-refractivity contribution is 6.04. The largest absolute Gasteiger partial charge is 0.497 e. The molecule has 1 unspecified atom stereocenters. The highest BCUT2D eigenvalue weighted by Gasteiger charge is 2.37. The lowest BCUT2D eigenvalue weighted by atomic mass is 9.90. The standard InChI is InChI=1S/C27H26N6O5/c1-32-12-11-16-14-21-24(38-15-37-21)25(36-3)22(16)23(32)26-29-30-31-33(26)19-6-4-5-17(13-19)27(34)28-18-7-9-20(35-2)10-8-18/h4-10,13-14,23H,11-12,15H2,1-3H3,(H,28,34). The number of carbonyl (C=O) groups excluding carboxylic acids is 1. The van der Waals surface area contributed by atoms with Crippen LogP contribution in [-0.4, -0.2) is 65.6 Å². The molecule has 6 rings (SSSR count). The molecule has 0 bridgehead atoms. The normalized spacial score (nSPS) is 16.1. The molecule has 194 valence electrons. The second kappa shape index (κ2) is 9.67. The highest BCUT2D eigenvalue weighted by atomic mass is 16.7. The molecule has 0 fully saturated rings. The summed E-state index contributed by atoms with van der Waals surface area (Å²) < 4.78 is 24.0. The number of rotatable bonds is 6. The number of tetrazole rings is 1. The van der Waals surface area contributed by atoms with Crippen LogP contribution >= 0.6 is 0 Å². The Hall–Kier alpha value is -4.64. The van der Waals surface area contributed by atoms with Crippen LogP contribution in [0.2, 0.25) is 0 Å². The van der Waals surface area contributed by atoms with Gasteiger partial charge in [0.2, 0.25) is 12.5 Å². The topological polar surface area (TPSA) is 113 Å². The lowest BCUT2D eigenvalue weighted by molar-refractivity contribution is 0.102. The number of anilines is 1. The van der Waals surface area contributed by atoms with Crippen LogP contribution in [0, 0.1) is 0 Å². The molecule has 0 radical (unpaired) electrons. The van der Waals surface area contributed by atoms with Gasteiger partial charge in [0, 0.05) is 23.4 Å². The van der Waals surface area contributed by atoms with Crippen molar-refractivity contribution in [1.82, 2.24) is 25.1 Å². The summed E-state index contributed by atoms with van der Waals surface area (Å²) in [5, 5.41) is 15.6. The molecule has 1 aromatic heterocycles. The molecule has 0 aliphatic carbocycles. The van der Waals surface area contributed by atoms with Gasteiger partial charge in [0.25, 0.3) is 5.91 Å². The molecule has 11 heteroatoms. The summed E-state index contributed by atoms with van der Waals surface area (Å²) in [4.78, 5) is 15.2. The van der Waals surface area contributed by atoms with Gasteiger partial charge in [0.1, 0.15) is 11.8 Å². The fourth-order valence-corrected chi connectivity index (χ4v) is 4.96. The molecule has 1 atom stereocenters. The summed E-state index contributed by atoms with van der Waals surface area (Å²) >= 11 is 0. The first kappa shape index (κ1) is 23.7. The van der Waals surface area contributed by atoms with Gasteiger partial charge in [-0.1, -0.05) is 6.07 Å². The number of ether oxygens (including phenoxy) is 4. The van der Waals surface area contributed by atoms with Gasteiger partial charge < -0.3 is 24.3 Å². The maximum absolute atomic E-state index is 13.0. The monoisotopic (exact) mass is 514 g/mol. The summed E-state index contributed by atoms with van der Waals surface area (Å²) in [5.41, 5.74) is 3.83. The minimum absolute atomic E-state index is 0.151. The maximum atomic E-state index is 13.0. The predicted octanol–water partition coefficient (Wildman–Crippen LogP) is 3.24. The van der Waals surface area contributed by atoms with Crippen molar-refractivity contribution in [2.75, 3.05) is 39.9 Å². The Kier molecular flexibility index (Phi) is 6.04. The number of methoxy groups -OCH3 is 2. The Morgan fingerprint density at radius 3 is 2.71 bits per heavy atom. The molecule has 0 saturated heterocycles. The molecule has 2 aliphatic rings. The van der Waals surface area contributed by atoms with Crippen LogP contribution in [-0.2, 0) is 6.42 Å². The van der Waals surface area contributed by atoms with Gasteiger partial charge in [-0.05, 0) is 78.0 Å². The number of hydrogen-bond donors (Lipinski definition) is 1. The van der Waals surface area contributed by atoms with Gasteiger partial charge in [-0.25, -0.2) is 0 Å². The molecule has 38 heavy (non-hydrogen) atoms. The summed E-state index contributed by atoms with van der Waals surface area (Å²) in [6, 6.07) is 16.0. The summed E-state index contributed by atoms with van der Waals surface area (Å²) in [7, 11) is 5.24. The van der Waals surface area contributed by atoms with E-state index in [2.05, 4.69) is 25.7 Å². The zero-order valence-corrected chi connectivity index (χ0v) is 21.2. The Labute approximate surface area is 218 Å². The predicted molar refractivity (Wildman–Crippen MR) is 137 cm³/mol. The second-order valence-electron chi connectivity index (χ2n) is 9.03. The molecule has 1 amide bonds. The lowest BCUT2D eigenvalue weighted by Crippen LogP contribution is -2.35. The smallest absolute Gasteiger partial charge is 0.255 e. The van der Waals surface area contributed by atoms with E-state index >= 15 is 0 Å². The Morgan fingerprint density at radius 1 is 1.08 bits per heavy atom. The number of benzene rings is 3. The molecule has 2 aliphatic heterocycles. The van der Waals surface area contributed by atoms with Gasteiger partial charge >= 0.3 is 0 Å². The van der Waals surface area contributed by atoms with Crippen molar-refractivity contribution in [3.05, 3.63) is 77.1 Å². The number of carbonyl (C=O) groups is 1. The van der Waals surface area contributed by atoms with Crippen LogP contribution in [0.15, 0.2) is 54.6 Å². The van der Waals surface area contributed by atoms with Crippen molar-refractivity contribution in [1.29, 1.82) is 0 Å². The number of nitrogens with zero attached hydrogens (tertiary/aromatic N) is 5. The second-order valence-corrected chi connectivity index (χ2v) is 9.03. The fraction of sp³-hybridized carbons (Fsp3) is 0.259. The van der Waals surface area contributed by atoms with Crippen molar-refractivity contribution in [3.63, 3.8) is 0 Å². The van der Waals surface area contributed by atoms with Gasteiger partial charge in [0.05, 0.1) is 19.9 Å². The molecule has 0 saturated carbocycles. The van der Waals surface area contributed by atoms with E-state index in [-0.39, 0.29) is 18.7 Å². The van der Waals surface area contributed by atoms with Crippen LogP contribution in [0.3, 0.4) is 0 Å². The maximum Gasteiger partial charge on any atom is 0.255 e. The number of aromatic nitrogens is 4. The van der Waals surface area contributed by atoms with Crippen molar-refractivity contribution in [3.8, 4) is 28.7 Å². The molecule has 0 spiro atoms. The quantitative estimate of drug-likeness (QED) is 0.414. The van der Waals surface area contributed by atoms with E-state index < -0.39 is 0 Å². The average molecular weight is 515 g/mol. The van der Waals surface area contributed by atoms with Crippen molar-refractivity contribution >= 4 is 11.6 Å². The van der Waals surface area contributed by atoms with Gasteiger partial charge in [0.15, 0.2) is 17.3 Å². The van der Waals surface area contributed by atoms with Crippen LogP contribution in [0.4, 0.5) is 5.69 Å². The van der Waals surface area contributed by atoms with Crippen molar-refractivity contribution in [2.45, 2.75) is 12.5 Å². The fourth-order valence-electron chi connectivity index (χ4n) is 4.96. The number of fused-ring (bicyclic) bond motifs is 2. The number of likely N-dealkylation sites (N-methyl/N-ethyl adjacent to an activating group) is 1. The van der Waals surface area contributed by atoms with E-state index in [1.807, 2.05) is 19.2 Å². The number of amides is 1. The molecule has 1 N–H and O–H groups in total. The van der Waals surface area contributed by atoms with E-state index in [0.717, 1.165) is 24.1 Å². The van der Waals surface area contributed by atoms with Crippen LogP contribution in [0.5, 0.6) is 23.0 Å². The van der Waals surface area contributed by atoms with Crippen molar-refractivity contribution < 1.29 is 23.7 Å². The Bertz CT molecular complexity index is 1500. The van der Waals surface area contributed by atoms with E-state index in [1.165, 1.54) is 0 Å². The minimum atomic E-state index is -0.310. The van der Waals surface area contributed by atoms with Crippen LogP contribution < -0.4 is 24.3 Å². The van der Waals surface area contributed by atoms with Crippen LogP contribution in [0.1, 0.15) is 33.4 Å². The lowest BCUT2D eigenvalue weighted by Gasteiger charge is -2.34. The third kappa shape index (κ3) is 4.06. The third-order valence-corrected chi connectivity index (χ3v) is 6.83. The Balaban J connectivity index is 1.36. The zero-order valence-electron chi connectivity index (χ0n) is 21.2. The first-order valence-corrected chi connectivity index (χ1v) is 12.1. The number of hydrogen-bond acceptors (Lipinski definition) is 9. The zero-order chi connectivity index (χ0) is 26.2. The summed E-state index contributed by atoms with van der Waals surface area (Å²) in [6.45, 7) is 0.940. The minimum Gasteiger partial charge on any atom is -0.497 e. The van der Waals surface area contributed by atoms with Crippen molar-refractivity contribution in [2.24, 2.45) is 0 Å². The van der Waals surface area contributed by atoms with Crippen LogP contribution in [0.25, 0.3) is 5.69 Å². The number of nitrogens with one attached hydrogen (secondary N) is 1. The summed E-state index contributed by atoms with van der Waals surface area (Å²) in [5.74, 6) is 2.95. The third-order valence-electron chi connectivity index (χ3n) is 6.83. The van der Waals surface area contributed by atoms with Gasteiger partial charge in [-0.2, -0.15) is 4.68 Å². The molecule has 4 aromatic rings. The first-order valence-electron chi connectivity index (χ1n) is 12.1. The first-order chi connectivity index (χ1) is 18.6. The molecule has 3 aromatic carbocycles. The molecule has 11 nitrogen and oxygen atoms in total. The Morgan fingerprint density at radius 2 is 1.92 bits per heavy atom. The van der Waals surface area contributed by atoms with E-state index in [9.17, 15) is 4.79 Å². The average Bonchev–Trinajstić information content (AvgIpc) is 3.62. The molecule has 3 heterocycles. The highest BCUT2D eigenvalue weighted by Crippen LogP contribution is 2.50. The van der Waals surface area contributed by atoms with Gasteiger partial charge in [-0.3, -0.25) is 9.69 Å². The van der Waals surface area contributed by atoms with Gasteiger partial charge in [-0.15, -0.1) is 5.10 Å². The molecular weight excluding hydrogens is 488 g/mol. The van der Waals surface area contributed by atoms with E-state index in [4.69, 9.17) is 18.9 Å². The molecular formula is C27H26N6O5. The SMILES string of the molecule is COc1ccc(NC(=O)c2cccc(-n3nnnc3C3c4c(cc5c(c4OC)OCO5)CCN3C)c2)cc1. The van der Waals surface area contributed by atoms with E-state index in [0.29, 0.717) is 45.8 Å². The van der Waals surface area contributed by atoms with E-state index in [1.54, 1.807) is 61.4 Å². The summed E-state index contributed by atoms with van der Waals surface area (Å²) in [6.07, 6.45) is 0.817.